The summed E-state index contributed by atoms with van der Waals surface area (Å²) in [6.45, 7) is 1.61. The minimum absolute atomic E-state index is 0.218. The average molecular weight is 1540 g/mol. The molecular formula is C90H153NO18. The Morgan fingerprint density at radius 1 is 0.339 bits per heavy atom. The molecule has 626 valence electrons. The number of carbonyl (C=O) groups is 1. The largest absolute Gasteiger partial charge is 0.394 e. The lowest BCUT2D eigenvalue weighted by Crippen LogP contribution is -2.66. The van der Waals surface area contributed by atoms with Crippen molar-refractivity contribution in [1.82, 2.24) is 5.32 Å². The fraction of sp³-hybridized carbons (Fsp3) is 0.744. The number of allylic oxidation sites excluding steroid dienone is 21. The van der Waals surface area contributed by atoms with Crippen LogP contribution in [0.15, 0.2) is 134 Å². The number of aliphatic hydroxyl groups excluding tert-OH is 11. The number of unbranched alkanes of at least 4 members (excludes halogenated alkanes) is 31. The molecule has 0 saturated carbocycles. The molecule has 0 radical (unpaired) electrons. The summed E-state index contributed by atoms with van der Waals surface area (Å²) < 4.78 is 34.5. The van der Waals surface area contributed by atoms with Gasteiger partial charge in [-0.3, -0.25) is 4.79 Å². The molecule has 109 heavy (non-hydrogen) atoms. The fourth-order valence-electron chi connectivity index (χ4n) is 13.6. The van der Waals surface area contributed by atoms with Gasteiger partial charge < -0.3 is 89.9 Å². The second-order valence-electron chi connectivity index (χ2n) is 29.9. The molecule has 1 amide bonds. The first-order valence-corrected chi connectivity index (χ1v) is 42.9. The molecule has 3 saturated heterocycles. The summed E-state index contributed by atoms with van der Waals surface area (Å²) in [5.41, 5.74) is 0. The molecule has 0 aromatic carbocycles. The maximum absolute atomic E-state index is 13.5. The van der Waals surface area contributed by atoms with Crippen LogP contribution < -0.4 is 5.32 Å². The number of ether oxygens (including phenoxy) is 6. The third-order valence-electron chi connectivity index (χ3n) is 20.4. The lowest BCUT2D eigenvalue weighted by Gasteiger charge is -2.48. The van der Waals surface area contributed by atoms with Gasteiger partial charge in [0.25, 0.3) is 0 Å². The minimum atomic E-state index is -1.99. The van der Waals surface area contributed by atoms with Gasteiger partial charge in [-0.15, -0.1) is 0 Å². The fourth-order valence-corrected chi connectivity index (χ4v) is 13.6. The first-order chi connectivity index (χ1) is 53.3. The topological polar surface area (TPSA) is 307 Å². The molecular weight excluding hydrogens is 1380 g/mol. The Kier molecular flexibility index (Phi) is 62.2. The molecule has 3 rings (SSSR count). The molecule has 19 nitrogen and oxygen atoms in total. The van der Waals surface area contributed by atoms with Gasteiger partial charge in [0.15, 0.2) is 18.9 Å². The molecule has 3 fully saturated rings. The molecule has 17 atom stereocenters. The smallest absolute Gasteiger partial charge is 0.220 e. The molecule has 3 aliphatic heterocycles. The highest BCUT2D eigenvalue weighted by atomic mass is 16.8. The van der Waals surface area contributed by atoms with Gasteiger partial charge in [-0.2, -0.15) is 0 Å². The van der Waals surface area contributed by atoms with Crippen molar-refractivity contribution in [3.8, 4) is 0 Å². The van der Waals surface area contributed by atoms with Gasteiger partial charge in [-0.25, -0.2) is 0 Å². The predicted octanol–water partition coefficient (Wildman–Crippen LogP) is 15.6. The van der Waals surface area contributed by atoms with Crippen LogP contribution in [0.25, 0.3) is 0 Å². The zero-order chi connectivity index (χ0) is 78.8. The highest BCUT2D eigenvalue weighted by Gasteiger charge is 2.54. The summed E-state index contributed by atoms with van der Waals surface area (Å²) in [6, 6.07) is -1.01. The molecule has 17 unspecified atom stereocenters. The van der Waals surface area contributed by atoms with Crippen LogP contribution in [-0.2, 0) is 33.2 Å². The molecule has 0 spiro atoms. The lowest BCUT2D eigenvalue weighted by molar-refractivity contribution is -0.379. The van der Waals surface area contributed by atoms with E-state index in [1.807, 2.05) is 6.08 Å². The zero-order valence-corrected chi connectivity index (χ0v) is 67.2. The van der Waals surface area contributed by atoms with E-state index in [2.05, 4.69) is 141 Å². The van der Waals surface area contributed by atoms with Crippen LogP contribution in [0.2, 0.25) is 0 Å². The number of hydrogen-bond acceptors (Lipinski definition) is 18. The van der Waals surface area contributed by atoms with E-state index in [9.17, 15) is 61.0 Å². The van der Waals surface area contributed by atoms with Crippen LogP contribution in [-0.4, -0.2) is 193 Å². The van der Waals surface area contributed by atoms with E-state index in [-0.39, 0.29) is 18.9 Å². The van der Waals surface area contributed by atoms with Crippen LogP contribution in [0.5, 0.6) is 0 Å². The van der Waals surface area contributed by atoms with Crippen molar-refractivity contribution in [2.75, 3.05) is 26.4 Å². The van der Waals surface area contributed by atoms with Gasteiger partial charge in [0, 0.05) is 6.42 Å². The predicted molar refractivity (Wildman–Crippen MR) is 438 cm³/mol. The molecule has 19 heteroatoms. The Morgan fingerprint density at radius 2 is 0.642 bits per heavy atom. The first kappa shape index (κ1) is 99.1. The minimum Gasteiger partial charge on any atom is -0.394 e. The van der Waals surface area contributed by atoms with Crippen molar-refractivity contribution < 1.29 is 89.4 Å². The normalized spacial score (nSPS) is 26.0. The number of carbonyl (C=O) groups excluding carboxylic acids is 1. The Balaban J connectivity index is 1.38. The SMILES string of the molecule is CC/C=C\C/C=C\C/C=C\C/C=C\C/C=C\C/C=C\C/C=C\C/C=C\CCCCCCCCCCCCC(=O)NC(COC1OC(CO)C(OC2OC(CO)C(OC3OC(CO)C(O)C(O)C3O)C(O)C2O)C(O)C1O)C(O)/C=C/CC/C=C/CC/C=C/CCCCCCCCCCCCCCCCCCCCC. The molecule has 0 aromatic heterocycles. The van der Waals surface area contributed by atoms with E-state index < -0.39 is 124 Å². The van der Waals surface area contributed by atoms with Gasteiger partial charge in [-0.1, -0.05) is 314 Å². The monoisotopic (exact) mass is 1540 g/mol. The summed E-state index contributed by atoms with van der Waals surface area (Å²) >= 11 is 0. The molecule has 0 aromatic rings. The number of amides is 1. The summed E-state index contributed by atoms with van der Waals surface area (Å²) in [7, 11) is 0. The second kappa shape index (κ2) is 68.3. The quantitative estimate of drug-likeness (QED) is 0.0199. The molecule has 12 N–H and O–H groups in total. The van der Waals surface area contributed by atoms with Crippen LogP contribution in [0.1, 0.15) is 296 Å². The molecule has 3 heterocycles. The molecule has 3 aliphatic rings. The number of nitrogens with one attached hydrogen (secondary N) is 1. The van der Waals surface area contributed by atoms with Crippen molar-refractivity contribution in [3.63, 3.8) is 0 Å². The van der Waals surface area contributed by atoms with E-state index in [1.54, 1.807) is 6.08 Å². The zero-order valence-electron chi connectivity index (χ0n) is 67.2. The second-order valence-corrected chi connectivity index (χ2v) is 29.9. The van der Waals surface area contributed by atoms with Gasteiger partial charge in [0.1, 0.15) is 73.2 Å². The van der Waals surface area contributed by atoms with Crippen molar-refractivity contribution >= 4 is 5.91 Å². The standard InChI is InChI=1S/C90H153NO18/c1-3-5-7-9-11-13-15-17-19-21-23-25-27-29-31-33-34-35-36-37-38-40-42-44-46-48-50-52-54-56-58-60-62-64-66-68-78(96)91-73(74(95)67-65-63-61-59-57-55-53-51-49-47-45-43-41-39-32-30-28-26-24-22-20-18-16-14-12-10-8-6-4-2)72-104-88-84(102)81(99)86(76(70-93)106-88)109-90-85(103)82(100)87(77(71-94)107-90)108-89-83(101)80(98)79(97)75(69-92)105-89/h5,7,11,13,17,19,23,25,29,31,34-35,37-38,42,44,49,51,57,59,65,67,73-77,79-90,92-95,97-103H,3-4,6,8-10,12,14-16,18,20-22,24,26-28,30,32-33,36,39-41,43,45-48,50,52-56,58,60-64,66,68-72H2,1-2H3,(H,91,96)/b7-5-,13-11-,19-17-,25-23-,31-29-,35-34-,38-37-,44-42-,51-49+,59-57+,67-65+. The van der Waals surface area contributed by atoms with Gasteiger partial charge >= 0.3 is 0 Å². The van der Waals surface area contributed by atoms with Crippen molar-refractivity contribution in [1.29, 1.82) is 0 Å². The van der Waals surface area contributed by atoms with E-state index in [0.29, 0.717) is 12.8 Å². The highest BCUT2D eigenvalue weighted by Crippen LogP contribution is 2.33. The third kappa shape index (κ3) is 47.4. The Bertz CT molecular complexity index is 2490. The van der Waals surface area contributed by atoms with E-state index >= 15 is 0 Å². The highest BCUT2D eigenvalue weighted by molar-refractivity contribution is 5.76. The number of rotatable bonds is 67. The Hall–Kier alpha value is -4.07. The average Bonchev–Trinajstić information content (AvgIpc) is 0.749. The summed E-state index contributed by atoms with van der Waals surface area (Å²) in [5.74, 6) is -0.297. The van der Waals surface area contributed by atoms with Gasteiger partial charge in [0.2, 0.25) is 5.91 Å². The maximum Gasteiger partial charge on any atom is 0.220 e. The van der Waals surface area contributed by atoms with Crippen LogP contribution in [0.4, 0.5) is 0 Å². The lowest BCUT2D eigenvalue weighted by atomic mass is 9.96. The third-order valence-corrected chi connectivity index (χ3v) is 20.4. The summed E-state index contributed by atoms with van der Waals surface area (Å²) in [4.78, 5) is 13.5. The Labute approximate surface area is 658 Å². The van der Waals surface area contributed by atoms with Crippen LogP contribution in [0.3, 0.4) is 0 Å². The van der Waals surface area contributed by atoms with Gasteiger partial charge in [0.05, 0.1) is 38.6 Å². The Morgan fingerprint density at radius 3 is 1.03 bits per heavy atom. The number of aliphatic hydroxyl groups is 11. The summed E-state index contributed by atoms with van der Waals surface area (Å²) in [6.07, 6.45) is 71.5. The van der Waals surface area contributed by atoms with Crippen molar-refractivity contribution in [2.45, 2.75) is 401 Å². The van der Waals surface area contributed by atoms with Crippen molar-refractivity contribution in [2.24, 2.45) is 0 Å². The van der Waals surface area contributed by atoms with Crippen LogP contribution >= 0.6 is 0 Å². The number of hydrogen-bond donors (Lipinski definition) is 12. The molecule has 0 aliphatic carbocycles. The maximum atomic E-state index is 13.5. The van der Waals surface area contributed by atoms with E-state index in [4.69, 9.17) is 28.4 Å². The van der Waals surface area contributed by atoms with E-state index in [1.165, 1.54) is 154 Å². The van der Waals surface area contributed by atoms with E-state index in [0.717, 1.165) is 109 Å². The summed E-state index contributed by atoms with van der Waals surface area (Å²) in [5, 5.41) is 121. The van der Waals surface area contributed by atoms with Crippen molar-refractivity contribution in [3.05, 3.63) is 134 Å². The van der Waals surface area contributed by atoms with Gasteiger partial charge in [-0.05, 0) is 109 Å². The molecule has 0 bridgehead atoms. The van der Waals surface area contributed by atoms with Crippen LogP contribution in [0, 0.1) is 0 Å². The first-order valence-electron chi connectivity index (χ1n) is 42.9.